The van der Waals surface area contributed by atoms with Crippen LogP contribution in [0.5, 0.6) is 11.5 Å². The first-order valence-corrected chi connectivity index (χ1v) is 4.23. The van der Waals surface area contributed by atoms with E-state index in [4.69, 9.17) is 4.74 Å². The van der Waals surface area contributed by atoms with Crippen molar-refractivity contribution in [2.45, 2.75) is 20.0 Å². The highest BCUT2D eigenvalue weighted by molar-refractivity contribution is 5.44. The predicted molar refractivity (Wildman–Crippen MR) is 47.0 cm³/mol. The van der Waals surface area contributed by atoms with Gasteiger partial charge in [-0.2, -0.15) is 0 Å². The van der Waals surface area contributed by atoms with Crippen molar-refractivity contribution >= 4 is 0 Å². The van der Waals surface area contributed by atoms with Crippen LogP contribution in [-0.2, 0) is 6.67 Å². The molecule has 7 heteroatoms. The number of ether oxygens (including phenoxy) is 2. The maximum Gasteiger partial charge on any atom is 0.573 e. The molecule has 1 aromatic heterocycles. The van der Waals surface area contributed by atoms with Gasteiger partial charge in [-0.3, -0.25) is 4.98 Å². The summed E-state index contributed by atoms with van der Waals surface area (Å²) in [7, 11) is 1.22. The summed E-state index contributed by atoms with van der Waals surface area (Å²) in [5.41, 5.74) is -0.00278. The van der Waals surface area contributed by atoms with Crippen molar-refractivity contribution in [2.24, 2.45) is 0 Å². The molecule has 1 heterocycles. The zero-order valence-corrected chi connectivity index (χ0v) is 8.56. The monoisotopic (exact) mass is 239 g/mol. The number of hydrogen-bond acceptors (Lipinski definition) is 3. The first-order valence-electron chi connectivity index (χ1n) is 4.23. The van der Waals surface area contributed by atoms with Gasteiger partial charge in [-0.05, 0) is 6.92 Å². The molecule has 0 aliphatic heterocycles. The van der Waals surface area contributed by atoms with Crippen molar-refractivity contribution in [2.75, 3.05) is 7.11 Å². The molecule has 0 aliphatic carbocycles. The van der Waals surface area contributed by atoms with E-state index in [2.05, 4.69) is 9.72 Å². The second-order valence-electron chi connectivity index (χ2n) is 2.91. The fourth-order valence-electron chi connectivity index (χ4n) is 1.21. The second-order valence-corrected chi connectivity index (χ2v) is 2.91. The predicted octanol–water partition coefficient (Wildman–Crippen LogP) is 2.77. The maximum atomic E-state index is 12.4. The maximum absolute atomic E-state index is 12.4. The molecule has 90 valence electrons. The third-order valence-electron chi connectivity index (χ3n) is 1.87. The number of alkyl halides is 4. The minimum absolute atomic E-state index is 0.0377. The van der Waals surface area contributed by atoms with Crippen LogP contribution in [0, 0.1) is 6.92 Å². The quantitative estimate of drug-likeness (QED) is 0.760. The van der Waals surface area contributed by atoms with E-state index in [0.717, 1.165) is 6.20 Å². The Bertz CT molecular complexity index is 379. The van der Waals surface area contributed by atoms with Gasteiger partial charge < -0.3 is 9.47 Å². The van der Waals surface area contributed by atoms with Crippen molar-refractivity contribution < 1.29 is 27.0 Å². The highest BCUT2D eigenvalue weighted by Gasteiger charge is 2.32. The Hall–Kier alpha value is -1.53. The number of hydrogen-bond donors (Lipinski definition) is 0. The van der Waals surface area contributed by atoms with Crippen LogP contribution in [-0.4, -0.2) is 18.5 Å². The van der Waals surface area contributed by atoms with Crippen LogP contribution in [0.1, 0.15) is 11.3 Å². The fourth-order valence-corrected chi connectivity index (χ4v) is 1.21. The lowest BCUT2D eigenvalue weighted by Gasteiger charge is -2.14. The third kappa shape index (κ3) is 2.74. The Morgan fingerprint density at radius 2 is 2.00 bits per heavy atom. The van der Waals surface area contributed by atoms with Gasteiger partial charge in [0.1, 0.15) is 18.1 Å². The van der Waals surface area contributed by atoms with Crippen LogP contribution in [0.4, 0.5) is 17.6 Å². The molecular formula is C9H9F4NO2. The number of nitrogens with zero attached hydrogens (tertiary/aromatic N) is 1. The minimum Gasteiger partial charge on any atom is -0.494 e. The molecule has 0 bridgehead atoms. The van der Waals surface area contributed by atoms with Crippen molar-refractivity contribution in [3.63, 3.8) is 0 Å². The normalized spacial score (nSPS) is 11.4. The SMILES string of the molecule is COc1c(CF)ncc(OC(F)(F)F)c1C. The lowest BCUT2D eigenvalue weighted by atomic mass is 10.2. The van der Waals surface area contributed by atoms with Gasteiger partial charge in [0.25, 0.3) is 0 Å². The summed E-state index contributed by atoms with van der Waals surface area (Å²) in [6, 6.07) is 0. The van der Waals surface area contributed by atoms with Crippen LogP contribution in [0.25, 0.3) is 0 Å². The van der Waals surface area contributed by atoms with E-state index in [9.17, 15) is 17.6 Å². The van der Waals surface area contributed by atoms with Crippen LogP contribution in [0.3, 0.4) is 0 Å². The van der Waals surface area contributed by atoms with E-state index < -0.39 is 18.8 Å². The van der Waals surface area contributed by atoms with Gasteiger partial charge in [0, 0.05) is 5.56 Å². The van der Waals surface area contributed by atoms with E-state index in [1.165, 1.54) is 14.0 Å². The Balaban J connectivity index is 3.14. The summed E-state index contributed by atoms with van der Waals surface area (Å²) in [4.78, 5) is 3.49. The highest BCUT2D eigenvalue weighted by atomic mass is 19.4. The van der Waals surface area contributed by atoms with Gasteiger partial charge in [-0.25, -0.2) is 4.39 Å². The summed E-state index contributed by atoms with van der Waals surface area (Å²) in [6.07, 6.45) is -3.99. The average Bonchev–Trinajstić information content (AvgIpc) is 2.19. The number of halogens is 4. The average molecular weight is 239 g/mol. The Morgan fingerprint density at radius 1 is 1.38 bits per heavy atom. The van der Waals surface area contributed by atoms with Crippen molar-refractivity contribution in [3.05, 3.63) is 17.5 Å². The van der Waals surface area contributed by atoms with E-state index in [-0.39, 0.29) is 17.0 Å². The largest absolute Gasteiger partial charge is 0.573 e. The lowest BCUT2D eigenvalue weighted by Crippen LogP contribution is -2.18. The smallest absolute Gasteiger partial charge is 0.494 e. The van der Waals surface area contributed by atoms with Gasteiger partial charge in [0.15, 0.2) is 5.75 Å². The molecule has 0 aromatic carbocycles. The zero-order valence-electron chi connectivity index (χ0n) is 8.56. The van der Waals surface area contributed by atoms with Crippen LogP contribution in [0.2, 0.25) is 0 Å². The van der Waals surface area contributed by atoms with Crippen LogP contribution >= 0.6 is 0 Å². The van der Waals surface area contributed by atoms with Gasteiger partial charge in [-0.15, -0.1) is 13.2 Å². The number of aromatic nitrogens is 1. The Morgan fingerprint density at radius 3 is 2.44 bits per heavy atom. The van der Waals surface area contributed by atoms with Gasteiger partial charge in [0.05, 0.1) is 13.3 Å². The first-order chi connectivity index (χ1) is 7.39. The van der Waals surface area contributed by atoms with Gasteiger partial charge in [-0.1, -0.05) is 0 Å². The van der Waals surface area contributed by atoms with E-state index in [0.29, 0.717) is 0 Å². The zero-order chi connectivity index (χ0) is 12.3. The molecular weight excluding hydrogens is 230 g/mol. The molecule has 0 spiro atoms. The molecule has 3 nitrogen and oxygen atoms in total. The first kappa shape index (κ1) is 12.5. The lowest BCUT2D eigenvalue weighted by molar-refractivity contribution is -0.275. The van der Waals surface area contributed by atoms with Crippen molar-refractivity contribution in [3.8, 4) is 11.5 Å². The van der Waals surface area contributed by atoms with Crippen LogP contribution < -0.4 is 9.47 Å². The molecule has 0 unspecified atom stereocenters. The van der Waals surface area contributed by atoms with E-state index in [1.807, 2.05) is 0 Å². The molecule has 1 rings (SSSR count). The molecule has 0 fully saturated rings. The van der Waals surface area contributed by atoms with E-state index in [1.54, 1.807) is 0 Å². The molecule has 0 saturated heterocycles. The number of methoxy groups -OCH3 is 1. The van der Waals surface area contributed by atoms with Crippen molar-refractivity contribution in [1.82, 2.24) is 4.98 Å². The number of pyridine rings is 1. The molecule has 0 N–H and O–H groups in total. The van der Waals surface area contributed by atoms with E-state index >= 15 is 0 Å². The number of rotatable bonds is 3. The molecule has 0 saturated carbocycles. The summed E-state index contributed by atoms with van der Waals surface area (Å²) in [5, 5.41) is 0. The second kappa shape index (κ2) is 4.54. The van der Waals surface area contributed by atoms with Gasteiger partial charge in [0.2, 0.25) is 0 Å². The third-order valence-corrected chi connectivity index (χ3v) is 1.87. The summed E-state index contributed by atoms with van der Waals surface area (Å²) < 4.78 is 56.8. The molecule has 0 amide bonds. The summed E-state index contributed by atoms with van der Waals surface area (Å²) >= 11 is 0. The van der Waals surface area contributed by atoms with Crippen LogP contribution in [0.15, 0.2) is 6.20 Å². The molecule has 1 aromatic rings. The minimum atomic E-state index is -4.81. The highest BCUT2D eigenvalue weighted by Crippen LogP contribution is 2.33. The summed E-state index contributed by atoms with van der Waals surface area (Å²) in [5.74, 6) is -0.536. The fraction of sp³-hybridized carbons (Fsp3) is 0.444. The molecule has 0 aliphatic rings. The topological polar surface area (TPSA) is 31.4 Å². The summed E-state index contributed by atoms with van der Waals surface area (Å²) in [6.45, 7) is 0.414. The molecule has 0 radical (unpaired) electrons. The molecule has 0 atom stereocenters. The van der Waals surface area contributed by atoms with Crippen molar-refractivity contribution in [1.29, 1.82) is 0 Å². The Labute approximate surface area is 89.0 Å². The molecule has 16 heavy (non-hydrogen) atoms. The Kier molecular flexibility index (Phi) is 3.56. The standard InChI is InChI=1S/C9H9F4NO2/c1-5-7(16-9(11,12)13)4-14-6(3-10)8(5)15-2/h4H,3H2,1-2H3. The van der Waals surface area contributed by atoms with Gasteiger partial charge >= 0.3 is 6.36 Å².